The van der Waals surface area contributed by atoms with Gasteiger partial charge in [0, 0.05) is 33.1 Å². The summed E-state index contributed by atoms with van der Waals surface area (Å²) in [6, 6.07) is 0. The van der Waals surface area contributed by atoms with E-state index in [0.717, 1.165) is 43.5 Å². The van der Waals surface area contributed by atoms with Crippen molar-refractivity contribution in [3.63, 3.8) is 0 Å². The van der Waals surface area contributed by atoms with Gasteiger partial charge in [-0.1, -0.05) is 6.42 Å². The topological polar surface area (TPSA) is 84.6 Å². The van der Waals surface area contributed by atoms with Crippen molar-refractivity contribution in [2.45, 2.75) is 71.6 Å². The molecule has 0 aliphatic carbocycles. The third-order valence-electron chi connectivity index (χ3n) is 5.03. The quantitative estimate of drug-likeness (QED) is 0.491. The van der Waals surface area contributed by atoms with Crippen molar-refractivity contribution in [3.8, 4) is 0 Å². The van der Waals surface area contributed by atoms with Crippen LogP contribution in [0.3, 0.4) is 0 Å². The van der Waals surface area contributed by atoms with Gasteiger partial charge in [-0.15, -0.1) is 10.2 Å². The monoisotopic (exact) mass is 376 g/mol. The molecule has 0 radical (unpaired) electrons. The molecule has 1 saturated heterocycles. The number of hydrogen-bond donors (Lipinski definition) is 1. The Morgan fingerprint density at radius 3 is 2.81 bits per heavy atom. The Balaban J connectivity index is 1.56. The van der Waals surface area contributed by atoms with Crippen molar-refractivity contribution < 1.29 is 9.53 Å². The predicted molar refractivity (Wildman–Crippen MR) is 103 cm³/mol. The average Bonchev–Trinajstić information content (AvgIpc) is 3.16. The number of guanidine groups is 1. The molecule has 2 aliphatic rings. The van der Waals surface area contributed by atoms with Crippen LogP contribution >= 0.6 is 0 Å². The normalized spacial score (nSPS) is 21.0. The Kier molecular flexibility index (Phi) is 6.01. The van der Waals surface area contributed by atoms with Gasteiger partial charge in [-0.3, -0.25) is 9.79 Å². The lowest BCUT2D eigenvalue weighted by molar-refractivity contribution is -0.159. The number of likely N-dealkylation sites (tertiary alicyclic amines) is 1. The van der Waals surface area contributed by atoms with Gasteiger partial charge < -0.3 is 19.5 Å². The van der Waals surface area contributed by atoms with Crippen molar-refractivity contribution in [1.29, 1.82) is 0 Å². The fourth-order valence-electron chi connectivity index (χ4n) is 3.70. The molecule has 2 aliphatic heterocycles. The summed E-state index contributed by atoms with van der Waals surface area (Å²) in [5.41, 5.74) is -0.449. The summed E-state index contributed by atoms with van der Waals surface area (Å²) in [5.74, 6) is 2.61. The standard InChI is InChI=1S/C19H32N6O2/c1-19(2,3)27-17(26)14-9-11-24(13-14)18(20-4)21-12-16-23-22-15-8-6-5-7-10-25(15)16/h14H,5-13H2,1-4H3,(H,20,21). The molecule has 0 amide bonds. The molecule has 1 N–H and O–H groups in total. The van der Waals surface area contributed by atoms with Gasteiger partial charge in [-0.05, 0) is 40.0 Å². The van der Waals surface area contributed by atoms with E-state index in [9.17, 15) is 4.79 Å². The van der Waals surface area contributed by atoms with Crippen LogP contribution in [0.4, 0.5) is 0 Å². The van der Waals surface area contributed by atoms with Crippen LogP contribution in [0.2, 0.25) is 0 Å². The molecule has 0 bridgehead atoms. The Labute approximate surface area is 161 Å². The first-order valence-corrected chi connectivity index (χ1v) is 9.97. The van der Waals surface area contributed by atoms with E-state index < -0.39 is 5.60 Å². The van der Waals surface area contributed by atoms with Crippen LogP contribution in [0.1, 0.15) is 58.1 Å². The van der Waals surface area contributed by atoms with Gasteiger partial charge in [-0.25, -0.2) is 0 Å². The highest BCUT2D eigenvalue weighted by atomic mass is 16.6. The predicted octanol–water partition coefficient (Wildman–Crippen LogP) is 1.74. The van der Waals surface area contributed by atoms with Crippen molar-refractivity contribution in [2.75, 3.05) is 20.1 Å². The highest BCUT2D eigenvalue weighted by Gasteiger charge is 2.33. The zero-order chi connectivity index (χ0) is 19.4. The van der Waals surface area contributed by atoms with Gasteiger partial charge in [0.05, 0.1) is 12.5 Å². The summed E-state index contributed by atoms with van der Waals surface area (Å²) < 4.78 is 7.77. The van der Waals surface area contributed by atoms with E-state index in [4.69, 9.17) is 4.74 Å². The summed E-state index contributed by atoms with van der Waals surface area (Å²) in [6.45, 7) is 8.71. The van der Waals surface area contributed by atoms with Crippen LogP contribution in [0.15, 0.2) is 4.99 Å². The van der Waals surface area contributed by atoms with E-state index in [2.05, 4.69) is 30.0 Å². The fourth-order valence-corrected chi connectivity index (χ4v) is 3.70. The minimum atomic E-state index is -0.449. The van der Waals surface area contributed by atoms with Crippen molar-refractivity contribution in [2.24, 2.45) is 10.9 Å². The maximum atomic E-state index is 12.3. The van der Waals surface area contributed by atoms with Crippen molar-refractivity contribution in [3.05, 3.63) is 11.6 Å². The lowest BCUT2D eigenvalue weighted by atomic mass is 10.1. The van der Waals surface area contributed by atoms with E-state index in [1.165, 1.54) is 19.3 Å². The lowest BCUT2D eigenvalue weighted by Gasteiger charge is -2.23. The molecule has 1 atom stereocenters. The summed E-state index contributed by atoms with van der Waals surface area (Å²) in [7, 11) is 1.77. The van der Waals surface area contributed by atoms with Crippen molar-refractivity contribution in [1.82, 2.24) is 25.0 Å². The van der Waals surface area contributed by atoms with Gasteiger partial charge in [0.2, 0.25) is 0 Å². The second-order valence-electron chi connectivity index (χ2n) is 8.36. The minimum Gasteiger partial charge on any atom is -0.460 e. The van der Waals surface area contributed by atoms with E-state index in [-0.39, 0.29) is 11.9 Å². The number of nitrogens with one attached hydrogen (secondary N) is 1. The van der Waals surface area contributed by atoms with Gasteiger partial charge in [0.25, 0.3) is 0 Å². The molecular weight excluding hydrogens is 344 g/mol. The fraction of sp³-hybridized carbons (Fsp3) is 0.789. The summed E-state index contributed by atoms with van der Waals surface area (Å²) in [5, 5.41) is 12.1. The van der Waals surface area contributed by atoms with Crippen LogP contribution < -0.4 is 5.32 Å². The molecule has 8 nitrogen and oxygen atoms in total. The average molecular weight is 377 g/mol. The Morgan fingerprint density at radius 2 is 2.07 bits per heavy atom. The number of esters is 1. The maximum Gasteiger partial charge on any atom is 0.311 e. The Morgan fingerprint density at radius 1 is 1.26 bits per heavy atom. The number of carbonyl (C=O) groups excluding carboxylic acids is 1. The Hall–Kier alpha value is -2.12. The van der Waals surface area contributed by atoms with E-state index in [1.54, 1.807) is 7.05 Å². The molecule has 150 valence electrons. The second-order valence-corrected chi connectivity index (χ2v) is 8.36. The number of carbonyl (C=O) groups is 1. The molecule has 1 aromatic heterocycles. The van der Waals surface area contributed by atoms with E-state index in [1.807, 2.05) is 20.8 Å². The first-order valence-electron chi connectivity index (χ1n) is 9.97. The number of rotatable bonds is 3. The smallest absolute Gasteiger partial charge is 0.311 e. The summed E-state index contributed by atoms with van der Waals surface area (Å²) >= 11 is 0. The molecule has 8 heteroatoms. The molecular formula is C19H32N6O2. The molecule has 0 saturated carbocycles. The third-order valence-corrected chi connectivity index (χ3v) is 5.03. The summed E-state index contributed by atoms with van der Waals surface area (Å²) in [4.78, 5) is 18.8. The zero-order valence-electron chi connectivity index (χ0n) is 17.0. The zero-order valence-corrected chi connectivity index (χ0v) is 17.0. The molecule has 0 spiro atoms. The minimum absolute atomic E-state index is 0.105. The molecule has 1 fully saturated rings. The highest BCUT2D eigenvalue weighted by molar-refractivity contribution is 5.82. The number of aryl methyl sites for hydroxylation is 1. The number of fused-ring (bicyclic) bond motifs is 1. The van der Waals surface area contributed by atoms with Crippen molar-refractivity contribution >= 4 is 11.9 Å². The molecule has 0 aromatic carbocycles. The molecule has 1 unspecified atom stereocenters. The van der Waals surface area contributed by atoms with Crippen LogP contribution in [0.5, 0.6) is 0 Å². The molecule has 1 aromatic rings. The van der Waals surface area contributed by atoms with Gasteiger partial charge in [0.1, 0.15) is 11.4 Å². The van der Waals surface area contributed by atoms with Gasteiger partial charge in [0.15, 0.2) is 11.8 Å². The lowest BCUT2D eigenvalue weighted by Crippen LogP contribution is -2.41. The number of nitrogens with zero attached hydrogens (tertiary/aromatic N) is 5. The number of hydrogen-bond acceptors (Lipinski definition) is 5. The second kappa shape index (κ2) is 8.27. The number of aromatic nitrogens is 3. The first-order chi connectivity index (χ1) is 12.9. The molecule has 3 heterocycles. The van der Waals surface area contributed by atoms with E-state index >= 15 is 0 Å². The highest BCUT2D eigenvalue weighted by Crippen LogP contribution is 2.21. The largest absolute Gasteiger partial charge is 0.460 e. The van der Waals surface area contributed by atoms with Crippen LogP contribution in [0, 0.1) is 5.92 Å². The Bertz CT molecular complexity index is 691. The van der Waals surface area contributed by atoms with Gasteiger partial charge >= 0.3 is 5.97 Å². The summed E-state index contributed by atoms with van der Waals surface area (Å²) in [6.07, 6.45) is 5.41. The SMILES string of the molecule is CN=C(NCc1nnc2n1CCCCC2)N1CCC(C(=O)OC(C)(C)C)C1. The number of ether oxygens (including phenoxy) is 1. The van der Waals surface area contributed by atoms with Gasteiger partial charge in [-0.2, -0.15) is 0 Å². The van der Waals surface area contributed by atoms with Crippen LogP contribution in [-0.4, -0.2) is 57.3 Å². The third kappa shape index (κ3) is 4.99. The van der Waals surface area contributed by atoms with Crippen LogP contribution in [-0.2, 0) is 29.0 Å². The number of aliphatic imine (C=N–C) groups is 1. The first kappa shape index (κ1) is 19.6. The maximum absolute atomic E-state index is 12.3. The van der Waals surface area contributed by atoms with E-state index in [0.29, 0.717) is 13.1 Å². The molecule has 27 heavy (non-hydrogen) atoms. The van der Waals surface area contributed by atoms with Crippen LogP contribution in [0.25, 0.3) is 0 Å². The molecule has 3 rings (SSSR count).